The number of benzene rings is 1. The van der Waals surface area contributed by atoms with E-state index in [4.69, 9.17) is 4.74 Å². The third-order valence-electron chi connectivity index (χ3n) is 6.15. The maximum Gasteiger partial charge on any atom is 0.254 e. The molecule has 1 amide bonds. The van der Waals surface area contributed by atoms with Crippen LogP contribution >= 0.6 is 0 Å². The summed E-state index contributed by atoms with van der Waals surface area (Å²) in [6.07, 6.45) is 3.73. The summed E-state index contributed by atoms with van der Waals surface area (Å²) in [4.78, 5) is 20.2. The molecule has 0 saturated carbocycles. The highest BCUT2D eigenvalue weighted by molar-refractivity contribution is 5.94. The van der Waals surface area contributed by atoms with E-state index in [1.807, 2.05) is 12.1 Å². The summed E-state index contributed by atoms with van der Waals surface area (Å²) in [6, 6.07) is 9.10. The molecule has 3 heterocycles. The highest BCUT2D eigenvalue weighted by Gasteiger charge is 2.36. The highest BCUT2D eigenvalue weighted by Crippen LogP contribution is 2.26. The first-order chi connectivity index (χ1) is 12.7. The lowest BCUT2D eigenvalue weighted by molar-refractivity contribution is 0.0341. The zero-order valence-electron chi connectivity index (χ0n) is 15.9. The van der Waals surface area contributed by atoms with Crippen LogP contribution in [-0.4, -0.2) is 78.6 Å². The molecule has 0 unspecified atom stereocenters. The van der Waals surface area contributed by atoms with E-state index in [9.17, 15) is 4.79 Å². The summed E-state index contributed by atoms with van der Waals surface area (Å²) in [7, 11) is 0. The third-order valence-corrected chi connectivity index (χ3v) is 6.15. The van der Waals surface area contributed by atoms with Gasteiger partial charge < -0.3 is 9.64 Å². The fourth-order valence-corrected chi connectivity index (χ4v) is 4.64. The van der Waals surface area contributed by atoms with Gasteiger partial charge in [0.2, 0.25) is 0 Å². The number of ether oxygens (including phenoxy) is 1. The molecule has 0 N–H and O–H groups in total. The predicted molar refractivity (Wildman–Crippen MR) is 102 cm³/mol. The summed E-state index contributed by atoms with van der Waals surface area (Å²) in [5.41, 5.74) is 2.06. The van der Waals surface area contributed by atoms with Crippen molar-refractivity contribution in [2.45, 2.75) is 44.8 Å². The van der Waals surface area contributed by atoms with Crippen molar-refractivity contribution in [3.05, 3.63) is 35.4 Å². The predicted octanol–water partition coefficient (Wildman–Crippen LogP) is 2.22. The average Bonchev–Trinajstić information content (AvgIpc) is 3.32. The van der Waals surface area contributed by atoms with Crippen LogP contribution in [-0.2, 0) is 11.3 Å². The lowest BCUT2D eigenvalue weighted by atomic mass is 10.1. The molecule has 142 valence electrons. The molecule has 2 atom stereocenters. The molecule has 0 bridgehead atoms. The first-order valence-corrected chi connectivity index (χ1v) is 10.1. The summed E-state index contributed by atoms with van der Waals surface area (Å²) in [6.45, 7) is 9.94. The molecule has 3 aliphatic rings. The van der Waals surface area contributed by atoms with Crippen LogP contribution in [0.15, 0.2) is 24.3 Å². The van der Waals surface area contributed by atoms with Crippen molar-refractivity contribution in [2.75, 3.05) is 45.9 Å². The smallest absolute Gasteiger partial charge is 0.254 e. The minimum Gasteiger partial charge on any atom is -0.379 e. The molecule has 5 nitrogen and oxygen atoms in total. The van der Waals surface area contributed by atoms with E-state index in [-0.39, 0.29) is 5.91 Å². The van der Waals surface area contributed by atoms with Gasteiger partial charge in [-0.25, -0.2) is 0 Å². The number of hydrogen-bond donors (Lipinski definition) is 0. The molecule has 0 spiro atoms. The Morgan fingerprint density at radius 1 is 1.15 bits per heavy atom. The second-order valence-corrected chi connectivity index (χ2v) is 8.03. The zero-order chi connectivity index (χ0) is 17.9. The van der Waals surface area contributed by atoms with Crippen molar-refractivity contribution in [3.8, 4) is 0 Å². The van der Waals surface area contributed by atoms with Crippen molar-refractivity contribution in [2.24, 2.45) is 0 Å². The average molecular weight is 357 g/mol. The van der Waals surface area contributed by atoms with E-state index in [2.05, 4.69) is 33.8 Å². The van der Waals surface area contributed by atoms with E-state index in [0.29, 0.717) is 12.1 Å². The van der Waals surface area contributed by atoms with Crippen molar-refractivity contribution in [1.82, 2.24) is 14.7 Å². The molecule has 0 radical (unpaired) electrons. The number of carbonyl (C=O) groups is 1. The Balaban J connectivity index is 1.41. The summed E-state index contributed by atoms with van der Waals surface area (Å²) < 4.78 is 5.42. The molecule has 5 heteroatoms. The van der Waals surface area contributed by atoms with Gasteiger partial charge in [0.05, 0.1) is 13.2 Å². The molecule has 3 fully saturated rings. The second kappa shape index (κ2) is 8.07. The van der Waals surface area contributed by atoms with Crippen molar-refractivity contribution in [3.63, 3.8) is 0 Å². The first kappa shape index (κ1) is 18.0. The molecular formula is C21H31N3O2. The van der Waals surface area contributed by atoms with Crippen LogP contribution in [0.4, 0.5) is 0 Å². The Bertz CT molecular complexity index is 623. The van der Waals surface area contributed by atoms with Crippen molar-refractivity contribution >= 4 is 5.91 Å². The monoisotopic (exact) mass is 357 g/mol. The van der Waals surface area contributed by atoms with Crippen LogP contribution in [0, 0.1) is 0 Å². The van der Waals surface area contributed by atoms with Crippen LogP contribution in [0.2, 0.25) is 0 Å². The van der Waals surface area contributed by atoms with Gasteiger partial charge in [0.15, 0.2) is 0 Å². The normalized spacial score (nSPS) is 28.0. The van der Waals surface area contributed by atoms with Gasteiger partial charge in [-0.05, 0) is 57.0 Å². The summed E-state index contributed by atoms with van der Waals surface area (Å²) in [5, 5.41) is 0. The third kappa shape index (κ3) is 3.95. The first-order valence-electron chi connectivity index (χ1n) is 10.1. The van der Waals surface area contributed by atoms with Gasteiger partial charge in [0.1, 0.15) is 0 Å². The fraction of sp³-hybridized carbons (Fsp3) is 0.667. The summed E-state index contributed by atoms with van der Waals surface area (Å²) >= 11 is 0. The van der Waals surface area contributed by atoms with E-state index in [0.717, 1.165) is 51.4 Å². The number of likely N-dealkylation sites (tertiary alicyclic amines) is 2. The van der Waals surface area contributed by atoms with Crippen LogP contribution in [0.25, 0.3) is 0 Å². The quantitative estimate of drug-likeness (QED) is 0.828. The van der Waals surface area contributed by atoms with E-state index >= 15 is 0 Å². The van der Waals surface area contributed by atoms with Crippen molar-refractivity contribution < 1.29 is 9.53 Å². The molecule has 0 aromatic heterocycles. The number of hydrogen-bond acceptors (Lipinski definition) is 4. The maximum atomic E-state index is 13.1. The molecule has 3 aliphatic heterocycles. The lowest BCUT2D eigenvalue weighted by Crippen LogP contribution is -2.38. The Labute approximate surface area is 156 Å². The molecule has 3 saturated heterocycles. The van der Waals surface area contributed by atoms with Crippen LogP contribution in [0.3, 0.4) is 0 Å². The minimum atomic E-state index is 0.197. The number of rotatable bonds is 4. The molecule has 1 aromatic carbocycles. The van der Waals surface area contributed by atoms with E-state index in [1.54, 1.807) is 0 Å². The van der Waals surface area contributed by atoms with Crippen molar-refractivity contribution in [1.29, 1.82) is 0 Å². The largest absolute Gasteiger partial charge is 0.379 e. The summed E-state index contributed by atoms with van der Waals surface area (Å²) in [5.74, 6) is 0.197. The Morgan fingerprint density at radius 3 is 2.69 bits per heavy atom. The number of amides is 1. The van der Waals surface area contributed by atoms with Crippen LogP contribution in [0.1, 0.15) is 42.1 Å². The fourth-order valence-electron chi connectivity index (χ4n) is 4.64. The van der Waals surface area contributed by atoms with E-state index < -0.39 is 0 Å². The molecule has 26 heavy (non-hydrogen) atoms. The molecule has 0 aliphatic carbocycles. The number of carbonyl (C=O) groups excluding carboxylic acids is 1. The molecule has 1 aromatic rings. The maximum absolute atomic E-state index is 13.1. The van der Waals surface area contributed by atoms with Gasteiger partial charge in [-0.2, -0.15) is 0 Å². The molecular weight excluding hydrogens is 326 g/mol. The topological polar surface area (TPSA) is 36.0 Å². The number of nitrogens with zero attached hydrogens (tertiary/aromatic N) is 3. The van der Waals surface area contributed by atoms with Gasteiger partial charge in [0.25, 0.3) is 5.91 Å². The van der Waals surface area contributed by atoms with Gasteiger partial charge in [-0.3, -0.25) is 14.6 Å². The van der Waals surface area contributed by atoms with Gasteiger partial charge in [-0.15, -0.1) is 0 Å². The number of morpholine rings is 1. The SMILES string of the molecule is C[C@H]1C[C@@H](N2CCCC2)CN1C(=O)c1cccc(CN2CCOCC2)c1. The Morgan fingerprint density at radius 2 is 1.92 bits per heavy atom. The Kier molecular flexibility index (Phi) is 5.57. The van der Waals surface area contributed by atoms with E-state index in [1.165, 1.54) is 31.5 Å². The second-order valence-electron chi connectivity index (χ2n) is 8.03. The van der Waals surface area contributed by atoms with Gasteiger partial charge >= 0.3 is 0 Å². The van der Waals surface area contributed by atoms with Gasteiger partial charge in [0, 0.05) is 43.8 Å². The van der Waals surface area contributed by atoms with Gasteiger partial charge in [-0.1, -0.05) is 12.1 Å². The van der Waals surface area contributed by atoms with Crippen LogP contribution < -0.4 is 0 Å². The Hall–Kier alpha value is -1.43. The van der Waals surface area contributed by atoms with Crippen LogP contribution in [0.5, 0.6) is 0 Å². The highest BCUT2D eigenvalue weighted by atomic mass is 16.5. The lowest BCUT2D eigenvalue weighted by Gasteiger charge is -2.27. The standard InChI is InChI=1S/C21H31N3O2/c1-17-13-20(23-7-2-3-8-23)16-24(17)21(25)19-6-4-5-18(14-19)15-22-9-11-26-12-10-22/h4-6,14,17,20H,2-3,7-13,15-16H2,1H3/t17-,20+/m0/s1. The minimum absolute atomic E-state index is 0.197. The zero-order valence-corrected chi connectivity index (χ0v) is 15.9. The molecule has 4 rings (SSSR count).